The molecule has 1 aromatic heterocycles. The van der Waals surface area contributed by atoms with Crippen LogP contribution in [0.4, 0.5) is 4.39 Å². The quantitative estimate of drug-likeness (QED) is 0.379. The Kier molecular flexibility index (Phi) is 6.52. The minimum Gasteiger partial charge on any atom is -0.489 e. The zero-order valence-electron chi connectivity index (χ0n) is 17.7. The lowest BCUT2D eigenvalue weighted by molar-refractivity contribution is -0.139. The van der Waals surface area contributed by atoms with Crippen molar-refractivity contribution in [3.05, 3.63) is 89.7 Å². The summed E-state index contributed by atoms with van der Waals surface area (Å²) in [5.74, 6) is 0.303. The van der Waals surface area contributed by atoms with Crippen LogP contribution in [0.5, 0.6) is 5.75 Å². The van der Waals surface area contributed by atoms with Gasteiger partial charge in [0.25, 0.3) is 0 Å². The molecule has 0 aliphatic carbocycles. The highest BCUT2D eigenvalue weighted by molar-refractivity contribution is 5.93. The lowest BCUT2D eigenvalue weighted by Gasteiger charge is -2.13. The number of carbonyl (C=O) groups is 1. The molecular formula is C26H24FNO4. The zero-order chi connectivity index (χ0) is 22.5. The summed E-state index contributed by atoms with van der Waals surface area (Å²) in [5, 5.41) is 0.934. The number of esters is 1. The summed E-state index contributed by atoms with van der Waals surface area (Å²) in [6, 6.07) is 20.1. The Balaban J connectivity index is 1.65. The predicted octanol–water partition coefficient (Wildman–Crippen LogP) is 5.36. The van der Waals surface area contributed by atoms with E-state index in [1.807, 2.05) is 66.7 Å². The van der Waals surface area contributed by atoms with Gasteiger partial charge >= 0.3 is 5.97 Å². The van der Waals surface area contributed by atoms with Crippen LogP contribution in [0.2, 0.25) is 0 Å². The number of alkyl halides is 1. The first-order valence-corrected chi connectivity index (χ1v) is 10.3. The number of ether oxygens (including phenoxy) is 2. The molecule has 4 aromatic rings. The monoisotopic (exact) mass is 433 g/mol. The average molecular weight is 433 g/mol. The summed E-state index contributed by atoms with van der Waals surface area (Å²) in [5.41, 5.74) is 10.8. The fourth-order valence-corrected chi connectivity index (χ4v) is 3.65. The number of halogens is 1. The van der Waals surface area contributed by atoms with Crippen molar-refractivity contribution in [1.29, 1.82) is 0 Å². The molecule has 0 spiro atoms. The topological polar surface area (TPSA) is 74.7 Å². The highest BCUT2D eigenvalue weighted by atomic mass is 19.1. The Morgan fingerprint density at radius 1 is 1.09 bits per heavy atom. The second-order valence-electron chi connectivity index (χ2n) is 7.52. The van der Waals surface area contributed by atoms with E-state index >= 15 is 0 Å². The van der Waals surface area contributed by atoms with Gasteiger partial charge in [-0.2, -0.15) is 0 Å². The van der Waals surface area contributed by atoms with E-state index in [9.17, 15) is 9.18 Å². The number of methoxy groups -OCH3 is 1. The van der Waals surface area contributed by atoms with E-state index in [1.54, 1.807) is 6.26 Å². The van der Waals surface area contributed by atoms with E-state index in [4.69, 9.17) is 19.6 Å². The van der Waals surface area contributed by atoms with Crippen LogP contribution in [0.1, 0.15) is 22.7 Å². The number of carbonyl (C=O) groups excluding carboxylic acids is 1. The lowest BCUT2D eigenvalue weighted by Crippen LogP contribution is -2.11. The van der Waals surface area contributed by atoms with E-state index in [1.165, 1.54) is 7.11 Å². The number of hydrogen-bond donors (Lipinski definition) is 1. The Morgan fingerprint density at radius 3 is 2.75 bits per heavy atom. The van der Waals surface area contributed by atoms with Crippen molar-refractivity contribution in [3.8, 4) is 16.9 Å². The second kappa shape index (κ2) is 9.66. The average Bonchev–Trinajstić information content (AvgIpc) is 3.31. The van der Waals surface area contributed by atoms with Crippen LogP contribution in [0, 0.1) is 0 Å². The Bertz CT molecular complexity index is 1230. The molecule has 2 N–H and O–H groups in total. The maximum Gasteiger partial charge on any atom is 0.310 e. The van der Waals surface area contributed by atoms with Gasteiger partial charge in [0.1, 0.15) is 24.6 Å². The van der Waals surface area contributed by atoms with Crippen molar-refractivity contribution in [2.45, 2.75) is 19.1 Å². The van der Waals surface area contributed by atoms with Crippen molar-refractivity contribution < 1.29 is 23.1 Å². The smallest absolute Gasteiger partial charge is 0.310 e. The van der Waals surface area contributed by atoms with Crippen molar-refractivity contribution in [2.24, 2.45) is 5.73 Å². The molecule has 1 unspecified atom stereocenters. The van der Waals surface area contributed by atoms with Gasteiger partial charge in [-0.25, -0.2) is 4.39 Å². The van der Waals surface area contributed by atoms with Crippen molar-refractivity contribution >= 4 is 16.9 Å². The van der Waals surface area contributed by atoms with Gasteiger partial charge in [0.05, 0.1) is 25.8 Å². The highest BCUT2D eigenvalue weighted by Gasteiger charge is 2.14. The summed E-state index contributed by atoms with van der Waals surface area (Å²) in [4.78, 5) is 11.7. The van der Waals surface area contributed by atoms with Crippen molar-refractivity contribution in [1.82, 2.24) is 0 Å². The van der Waals surface area contributed by atoms with E-state index in [0.29, 0.717) is 12.4 Å². The molecule has 1 atom stereocenters. The van der Waals surface area contributed by atoms with Gasteiger partial charge in [-0.15, -0.1) is 0 Å². The summed E-state index contributed by atoms with van der Waals surface area (Å²) in [7, 11) is 1.36. The summed E-state index contributed by atoms with van der Waals surface area (Å²) in [6.45, 7) is -0.325. The van der Waals surface area contributed by atoms with E-state index in [0.717, 1.165) is 38.8 Å². The number of benzene rings is 3. The molecule has 0 saturated carbocycles. The van der Waals surface area contributed by atoms with Crippen LogP contribution >= 0.6 is 0 Å². The molecule has 3 aromatic carbocycles. The predicted molar refractivity (Wildman–Crippen MR) is 121 cm³/mol. The van der Waals surface area contributed by atoms with E-state index in [2.05, 4.69) is 0 Å². The van der Waals surface area contributed by atoms with Gasteiger partial charge < -0.3 is 19.6 Å². The van der Waals surface area contributed by atoms with Gasteiger partial charge in [0.2, 0.25) is 0 Å². The molecule has 6 heteroatoms. The Hall–Kier alpha value is -3.64. The second-order valence-corrected chi connectivity index (χ2v) is 7.52. The van der Waals surface area contributed by atoms with E-state index in [-0.39, 0.29) is 12.4 Å². The molecule has 5 nitrogen and oxygen atoms in total. The normalized spacial score (nSPS) is 12.0. The number of hydrogen-bond acceptors (Lipinski definition) is 5. The first-order chi connectivity index (χ1) is 15.6. The minimum atomic E-state index is -0.667. The fourth-order valence-electron chi connectivity index (χ4n) is 3.65. The molecule has 32 heavy (non-hydrogen) atoms. The Morgan fingerprint density at radius 2 is 1.94 bits per heavy atom. The molecule has 1 heterocycles. The standard InChI is InChI=1S/C26H24FNO4/c1-30-25(29)14-20-5-2-3-8-24(20)32-16-17-11-21-9-10-31-26(21)22(12-17)18-6-4-7-19(13-18)23(28)15-27/h2-13,23H,14-16,28H2,1H3. The third-order valence-electron chi connectivity index (χ3n) is 5.33. The van der Waals surface area contributed by atoms with Gasteiger partial charge in [-0.1, -0.05) is 36.4 Å². The Labute approximate surface area is 185 Å². The molecule has 0 radical (unpaired) electrons. The van der Waals surface area contributed by atoms with Gasteiger partial charge in [-0.05, 0) is 47.0 Å². The van der Waals surface area contributed by atoms with Crippen LogP contribution in [0.3, 0.4) is 0 Å². The molecule has 0 fully saturated rings. The number of nitrogens with two attached hydrogens (primary N) is 1. The minimum absolute atomic E-state index is 0.139. The van der Waals surface area contributed by atoms with Crippen LogP contribution in [-0.4, -0.2) is 19.8 Å². The van der Waals surface area contributed by atoms with Crippen LogP contribution in [0.25, 0.3) is 22.1 Å². The lowest BCUT2D eigenvalue weighted by atomic mass is 9.97. The molecular weight excluding hydrogens is 409 g/mol. The van der Waals surface area contributed by atoms with Crippen molar-refractivity contribution in [2.75, 3.05) is 13.8 Å². The summed E-state index contributed by atoms with van der Waals surface area (Å²) < 4.78 is 29.6. The number of para-hydroxylation sites is 1. The largest absolute Gasteiger partial charge is 0.489 e. The summed E-state index contributed by atoms with van der Waals surface area (Å²) >= 11 is 0. The summed E-state index contributed by atoms with van der Waals surface area (Å²) in [6.07, 6.45) is 1.78. The molecule has 0 aliphatic rings. The fraction of sp³-hybridized carbons (Fsp3) is 0.192. The van der Waals surface area contributed by atoms with Gasteiger partial charge in [-0.3, -0.25) is 4.79 Å². The number of furan rings is 1. The molecule has 0 amide bonds. The SMILES string of the molecule is COC(=O)Cc1ccccc1OCc1cc(-c2cccc(C(N)CF)c2)c2occc2c1. The number of fused-ring (bicyclic) bond motifs is 1. The van der Waals surface area contributed by atoms with Crippen LogP contribution in [0.15, 0.2) is 77.4 Å². The zero-order valence-corrected chi connectivity index (χ0v) is 17.7. The first-order valence-electron chi connectivity index (χ1n) is 10.3. The van der Waals surface area contributed by atoms with Gasteiger partial charge in [0, 0.05) is 16.5 Å². The highest BCUT2D eigenvalue weighted by Crippen LogP contribution is 2.33. The van der Waals surface area contributed by atoms with Crippen LogP contribution < -0.4 is 10.5 Å². The van der Waals surface area contributed by atoms with Gasteiger partial charge in [0.15, 0.2) is 0 Å². The van der Waals surface area contributed by atoms with Crippen LogP contribution in [-0.2, 0) is 22.6 Å². The first kappa shape index (κ1) is 21.6. The molecule has 164 valence electrons. The molecule has 0 bridgehead atoms. The third kappa shape index (κ3) is 4.65. The third-order valence-corrected chi connectivity index (χ3v) is 5.33. The van der Waals surface area contributed by atoms with E-state index < -0.39 is 12.7 Å². The molecule has 0 aliphatic heterocycles. The molecule has 4 rings (SSSR count). The van der Waals surface area contributed by atoms with Crippen molar-refractivity contribution in [3.63, 3.8) is 0 Å². The number of rotatable bonds is 8. The molecule has 0 saturated heterocycles. The maximum atomic E-state index is 13.1. The maximum absolute atomic E-state index is 13.1.